The van der Waals surface area contributed by atoms with Crippen LogP contribution in [0.5, 0.6) is 5.75 Å². The Labute approximate surface area is 194 Å². The lowest BCUT2D eigenvalue weighted by molar-refractivity contribution is -0.181. The molecule has 2 aromatic rings. The Kier molecular flexibility index (Phi) is 5.43. The molecule has 1 saturated carbocycles. The number of hydrogen-bond acceptors (Lipinski definition) is 5. The zero-order valence-corrected chi connectivity index (χ0v) is 18.6. The van der Waals surface area contributed by atoms with Gasteiger partial charge in [-0.2, -0.15) is 0 Å². The van der Waals surface area contributed by atoms with E-state index in [0.29, 0.717) is 12.7 Å². The lowest BCUT2D eigenvalue weighted by Gasteiger charge is -2.55. The smallest absolute Gasteiger partial charge is 0.276 e. The zero-order chi connectivity index (χ0) is 24.2. The number of halogens is 2. The molecule has 2 N–H and O–H groups in total. The quantitative estimate of drug-likeness (QED) is 0.698. The van der Waals surface area contributed by atoms with E-state index in [-0.39, 0.29) is 29.4 Å². The van der Waals surface area contributed by atoms with Crippen LogP contribution in [0.25, 0.3) is 0 Å². The largest absolute Gasteiger partial charge is 0.503 e. The van der Waals surface area contributed by atoms with E-state index in [2.05, 4.69) is 5.32 Å². The van der Waals surface area contributed by atoms with E-state index in [1.54, 1.807) is 4.90 Å². The van der Waals surface area contributed by atoms with Gasteiger partial charge in [0.25, 0.3) is 11.8 Å². The molecule has 180 valence electrons. The average Bonchev–Trinajstić information content (AvgIpc) is 2.81. The van der Waals surface area contributed by atoms with Gasteiger partial charge in [-0.1, -0.05) is 19.3 Å². The molecule has 0 unspecified atom stereocenters. The molecule has 2 atom stereocenters. The second-order valence-electron chi connectivity index (χ2n) is 9.38. The molecule has 34 heavy (non-hydrogen) atoms. The topological polar surface area (TPSA) is 101 Å². The summed E-state index contributed by atoms with van der Waals surface area (Å²) in [5, 5.41) is 12.9. The van der Waals surface area contributed by atoms with Crippen LogP contribution in [0.4, 0.5) is 14.5 Å². The monoisotopic (exact) mass is 473 g/mol. The number of pyridine rings is 1. The van der Waals surface area contributed by atoms with Crippen molar-refractivity contribution in [2.45, 2.75) is 57.8 Å². The fourth-order valence-electron chi connectivity index (χ4n) is 5.52. The van der Waals surface area contributed by atoms with Crippen LogP contribution in [-0.4, -0.2) is 45.3 Å². The fraction of sp³-hybridized carbons (Fsp3) is 0.458. The Hall–Kier alpha value is -3.27. The van der Waals surface area contributed by atoms with Gasteiger partial charge in [-0.25, -0.2) is 8.78 Å². The lowest BCUT2D eigenvalue weighted by atomic mass is 9.68. The number of carbonyl (C=O) groups excluding carboxylic acids is 2. The van der Waals surface area contributed by atoms with Crippen LogP contribution in [0.3, 0.4) is 0 Å². The number of anilines is 1. The van der Waals surface area contributed by atoms with Crippen molar-refractivity contribution in [2.75, 3.05) is 11.9 Å². The van der Waals surface area contributed by atoms with Crippen molar-refractivity contribution in [2.24, 2.45) is 5.41 Å². The number of aromatic nitrogens is 1. The molecule has 1 saturated heterocycles. The van der Waals surface area contributed by atoms with E-state index >= 15 is 0 Å². The van der Waals surface area contributed by atoms with E-state index in [1.807, 2.05) is 6.92 Å². The Morgan fingerprint density at radius 2 is 1.94 bits per heavy atom. The molecule has 3 heterocycles. The van der Waals surface area contributed by atoms with Crippen molar-refractivity contribution < 1.29 is 28.2 Å². The number of benzene rings is 1. The molecule has 1 aromatic carbocycles. The normalized spacial score (nSPS) is 23.4. The van der Waals surface area contributed by atoms with Gasteiger partial charge < -0.3 is 24.6 Å². The summed E-state index contributed by atoms with van der Waals surface area (Å²) in [6.45, 7) is 2.63. The number of aromatic hydroxyl groups is 1. The maximum atomic E-state index is 13.9. The Bertz CT molecular complexity index is 1240. The molecule has 8 nitrogen and oxygen atoms in total. The molecule has 0 bridgehead atoms. The van der Waals surface area contributed by atoms with Crippen molar-refractivity contribution in [3.8, 4) is 5.75 Å². The number of nitrogens with one attached hydrogen (secondary N) is 1. The van der Waals surface area contributed by atoms with Gasteiger partial charge in [0.2, 0.25) is 5.43 Å². The second-order valence-corrected chi connectivity index (χ2v) is 9.38. The maximum absolute atomic E-state index is 13.9. The number of hydrogen-bond donors (Lipinski definition) is 2. The fourth-order valence-corrected chi connectivity index (χ4v) is 5.52. The predicted molar refractivity (Wildman–Crippen MR) is 118 cm³/mol. The number of carbonyl (C=O) groups is 2. The first-order valence-electron chi connectivity index (χ1n) is 11.4. The van der Waals surface area contributed by atoms with Gasteiger partial charge in [0.1, 0.15) is 17.2 Å². The molecular weight excluding hydrogens is 448 g/mol. The maximum Gasteiger partial charge on any atom is 0.276 e. The standard InChI is InChI=1S/C24H25F2N3O5/c1-13-24(7-3-2-4-8-24)12-34-18-11-28-10-15(20(30)21(31)19(28)23(33)29(13)18)22(32)27-17-6-5-14(25)9-16(17)26/h5-6,9-10,13,18,31H,2-4,7-8,11-12H2,1H3,(H,27,32)/t13-,18+/m1/s1. The first-order valence-corrected chi connectivity index (χ1v) is 11.4. The van der Waals surface area contributed by atoms with E-state index in [0.717, 1.165) is 44.2 Å². The summed E-state index contributed by atoms with van der Waals surface area (Å²) in [6.07, 6.45) is 5.74. The summed E-state index contributed by atoms with van der Waals surface area (Å²) in [5.41, 5.74) is -2.19. The van der Waals surface area contributed by atoms with Crippen LogP contribution in [0.1, 0.15) is 59.9 Å². The number of rotatable bonds is 2. The summed E-state index contributed by atoms with van der Waals surface area (Å²) in [6, 6.07) is 2.45. The molecule has 10 heteroatoms. The number of nitrogens with zero attached hydrogens (tertiary/aromatic N) is 2. The Morgan fingerprint density at radius 3 is 2.65 bits per heavy atom. The summed E-state index contributed by atoms with van der Waals surface area (Å²) in [4.78, 5) is 40.6. The third kappa shape index (κ3) is 3.48. The summed E-state index contributed by atoms with van der Waals surface area (Å²) in [7, 11) is 0. The van der Waals surface area contributed by atoms with Crippen molar-refractivity contribution in [1.82, 2.24) is 9.47 Å². The van der Waals surface area contributed by atoms with Gasteiger partial charge in [-0.3, -0.25) is 14.4 Å². The van der Waals surface area contributed by atoms with E-state index < -0.39 is 46.4 Å². The molecule has 1 aliphatic carbocycles. The van der Waals surface area contributed by atoms with E-state index in [9.17, 15) is 28.3 Å². The highest BCUT2D eigenvalue weighted by Gasteiger charge is 2.51. The highest BCUT2D eigenvalue weighted by Crippen LogP contribution is 2.46. The molecule has 3 aliphatic rings. The third-order valence-electron chi connectivity index (χ3n) is 7.50. The SMILES string of the molecule is C[C@H]1N2C(=O)c3c(O)c(=O)c(C(=O)Nc4ccc(F)cc4F)cn3C[C@@H]2OCC12CCCCC2. The summed E-state index contributed by atoms with van der Waals surface area (Å²) in [5.74, 6) is -4.19. The van der Waals surface area contributed by atoms with Gasteiger partial charge in [0, 0.05) is 23.7 Å². The van der Waals surface area contributed by atoms with Gasteiger partial charge >= 0.3 is 0 Å². The van der Waals surface area contributed by atoms with E-state index in [1.165, 1.54) is 10.8 Å². The number of fused-ring (bicyclic) bond motifs is 2. The van der Waals surface area contributed by atoms with Gasteiger partial charge in [0.05, 0.1) is 18.8 Å². The van der Waals surface area contributed by atoms with Crippen LogP contribution in [0.15, 0.2) is 29.2 Å². The van der Waals surface area contributed by atoms with Crippen LogP contribution < -0.4 is 10.7 Å². The first-order chi connectivity index (χ1) is 16.2. The molecule has 1 aromatic heterocycles. The number of ether oxygens (including phenoxy) is 1. The highest BCUT2D eigenvalue weighted by molar-refractivity contribution is 6.05. The van der Waals surface area contributed by atoms with Crippen LogP contribution in [0.2, 0.25) is 0 Å². The molecule has 1 spiro atoms. The minimum Gasteiger partial charge on any atom is -0.503 e. The van der Waals surface area contributed by atoms with Crippen molar-refractivity contribution in [3.05, 3.63) is 57.5 Å². The first kappa shape index (κ1) is 22.5. The molecule has 2 aliphatic heterocycles. The Balaban J connectivity index is 1.48. The highest BCUT2D eigenvalue weighted by atomic mass is 19.1. The lowest BCUT2D eigenvalue weighted by Crippen LogP contribution is -2.64. The van der Waals surface area contributed by atoms with Crippen LogP contribution in [-0.2, 0) is 11.3 Å². The van der Waals surface area contributed by atoms with Crippen molar-refractivity contribution in [3.63, 3.8) is 0 Å². The van der Waals surface area contributed by atoms with Crippen molar-refractivity contribution in [1.29, 1.82) is 0 Å². The molecule has 2 amide bonds. The van der Waals surface area contributed by atoms with E-state index in [4.69, 9.17) is 4.74 Å². The van der Waals surface area contributed by atoms with Crippen LogP contribution in [0, 0.1) is 17.0 Å². The average molecular weight is 473 g/mol. The molecule has 5 rings (SSSR count). The number of amides is 2. The van der Waals surface area contributed by atoms with Gasteiger partial charge in [0.15, 0.2) is 17.7 Å². The minimum atomic E-state index is -1.05. The van der Waals surface area contributed by atoms with Crippen molar-refractivity contribution >= 4 is 17.5 Å². The zero-order valence-electron chi connectivity index (χ0n) is 18.6. The third-order valence-corrected chi connectivity index (χ3v) is 7.50. The Morgan fingerprint density at radius 1 is 1.21 bits per heavy atom. The molecule has 2 fully saturated rings. The molecular formula is C24H25F2N3O5. The van der Waals surface area contributed by atoms with Gasteiger partial charge in [-0.15, -0.1) is 0 Å². The summed E-state index contributed by atoms with van der Waals surface area (Å²) >= 11 is 0. The molecule has 0 radical (unpaired) electrons. The predicted octanol–water partition coefficient (Wildman–Crippen LogP) is 3.24. The minimum absolute atomic E-state index is 0.126. The second kappa shape index (κ2) is 8.19. The summed E-state index contributed by atoms with van der Waals surface area (Å²) < 4.78 is 34.5. The van der Waals surface area contributed by atoms with Crippen LogP contribution >= 0.6 is 0 Å². The van der Waals surface area contributed by atoms with Gasteiger partial charge in [-0.05, 0) is 31.9 Å².